The smallest absolute Gasteiger partial charge is 0.135 e. The van der Waals surface area contributed by atoms with Gasteiger partial charge in [0, 0.05) is 12.8 Å². The second-order valence-corrected chi connectivity index (χ2v) is 9.41. The Labute approximate surface area is 216 Å². The number of hydrogen-bond donors (Lipinski definition) is 1. The molecular weight excluding hydrogens is 448 g/mol. The number of aliphatic hydroxyl groups excluding tert-OH is 1. The van der Waals surface area contributed by atoms with Gasteiger partial charge in [0.25, 0.3) is 0 Å². The molecule has 0 amide bonds. The number of carbonyl (C=O) groups is 1. The lowest BCUT2D eigenvalue weighted by Gasteiger charge is -2.11. The van der Waals surface area contributed by atoms with E-state index in [-0.39, 0.29) is 12.2 Å². The minimum absolute atomic E-state index is 0.100. The molecule has 1 N–H and O–H groups in total. The van der Waals surface area contributed by atoms with Gasteiger partial charge in [-0.25, -0.2) is 0 Å². The van der Waals surface area contributed by atoms with Crippen molar-refractivity contribution in [1.82, 2.24) is 0 Å². The van der Waals surface area contributed by atoms with E-state index in [9.17, 15) is 9.90 Å². The lowest BCUT2D eigenvalue weighted by atomic mass is 10.00. The monoisotopic (exact) mass is 488 g/mol. The largest absolute Gasteiger partial charge is 0.494 e. The molecule has 192 valence electrons. The molecule has 0 aliphatic carbocycles. The summed E-state index contributed by atoms with van der Waals surface area (Å²) < 4.78 is 11.6. The predicted molar refractivity (Wildman–Crippen MR) is 146 cm³/mol. The lowest BCUT2D eigenvalue weighted by molar-refractivity contribution is -0.120. The summed E-state index contributed by atoms with van der Waals surface area (Å²) in [5.74, 6) is 1.81. The van der Waals surface area contributed by atoms with Gasteiger partial charge in [-0.05, 0) is 66.6 Å². The molecule has 0 aliphatic heterocycles. The van der Waals surface area contributed by atoms with Crippen LogP contribution in [0.3, 0.4) is 0 Å². The van der Waals surface area contributed by atoms with Crippen molar-refractivity contribution in [2.75, 3.05) is 6.61 Å². The third kappa shape index (κ3) is 10.7. The van der Waals surface area contributed by atoms with Crippen LogP contribution in [0.15, 0.2) is 78.9 Å². The summed E-state index contributed by atoms with van der Waals surface area (Å²) in [5.41, 5.74) is 3.38. The van der Waals surface area contributed by atoms with E-state index in [1.165, 1.54) is 19.3 Å². The van der Waals surface area contributed by atoms with Gasteiger partial charge in [-0.1, -0.05) is 80.8 Å². The van der Waals surface area contributed by atoms with Gasteiger partial charge in [-0.3, -0.25) is 4.79 Å². The first kappa shape index (κ1) is 27.5. The number of hydrogen-bond acceptors (Lipinski definition) is 4. The molecule has 0 bridgehead atoms. The molecule has 1 unspecified atom stereocenters. The van der Waals surface area contributed by atoms with E-state index in [4.69, 9.17) is 9.47 Å². The molecule has 0 aliphatic rings. The third-order valence-electron chi connectivity index (χ3n) is 6.28. The number of aliphatic hydroxyl groups is 1. The summed E-state index contributed by atoms with van der Waals surface area (Å²) in [4.78, 5) is 12.4. The van der Waals surface area contributed by atoms with Crippen LogP contribution in [-0.2, 0) is 24.2 Å². The first-order chi connectivity index (χ1) is 17.6. The summed E-state index contributed by atoms with van der Waals surface area (Å²) in [7, 11) is 0. The highest BCUT2D eigenvalue weighted by molar-refractivity contribution is 5.79. The van der Waals surface area contributed by atoms with Crippen LogP contribution in [0.5, 0.6) is 11.5 Å². The number of unbranched alkanes of at least 4 members (excludes halogenated alkanes) is 3. The van der Waals surface area contributed by atoms with E-state index in [0.717, 1.165) is 47.6 Å². The maximum Gasteiger partial charge on any atom is 0.135 e. The van der Waals surface area contributed by atoms with Gasteiger partial charge in [0.15, 0.2) is 0 Å². The van der Waals surface area contributed by atoms with E-state index in [2.05, 4.69) is 6.92 Å². The average Bonchev–Trinajstić information content (AvgIpc) is 2.91. The number of rotatable bonds is 17. The Morgan fingerprint density at radius 1 is 0.750 bits per heavy atom. The van der Waals surface area contributed by atoms with Crippen LogP contribution in [-0.4, -0.2) is 23.6 Å². The Morgan fingerprint density at radius 3 is 2.06 bits per heavy atom. The molecule has 36 heavy (non-hydrogen) atoms. The Balaban J connectivity index is 1.30. The number of ether oxygens (including phenoxy) is 2. The normalized spacial score (nSPS) is 11.7. The molecular formula is C32H40O4. The number of Topliss-reactive ketones (excluding diaryl/α,β-unsaturated/α-hetero) is 1. The molecule has 0 heterocycles. The first-order valence-corrected chi connectivity index (χ1v) is 13.3. The number of ketones is 1. The topological polar surface area (TPSA) is 55.8 Å². The molecule has 1 atom stereocenters. The van der Waals surface area contributed by atoms with Crippen molar-refractivity contribution < 1.29 is 19.4 Å². The summed E-state index contributed by atoms with van der Waals surface area (Å²) in [6.45, 7) is 3.50. The fraction of sp³-hybridized carbons (Fsp3) is 0.406. The molecule has 4 nitrogen and oxygen atoms in total. The molecule has 4 heteroatoms. The molecule has 0 radical (unpaired) electrons. The Hall–Kier alpha value is -3.11. The first-order valence-electron chi connectivity index (χ1n) is 13.3. The molecule has 0 aromatic heterocycles. The zero-order valence-corrected chi connectivity index (χ0v) is 21.5. The minimum Gasteiger partial charge on any atom is -0.494 e. The summed E-state index contributed by atoms with van der Waals surface area (Å²) in [6.07, 6.45) is 6.79. The Bertz CT molecular complexity index is 997. The minimum atomic E-state index is -0.616. The molecule has 3 rings (SSSR count). The molecule has 0 saturated carbocycles. The Morgan fingerprint density at radius 2 is 1.39 bits per heavy atom. The number of carbonyl (C=O) groups excluding carboxylic acids is 1. The zero-order valence-electron chi connectivity index (χ0n) is 21.5. The van der Waals surface area contributed by atoms with Gasteiger partial charge >= 0.3 is 0 Å². The fourth-order valence-electron chi connectivity index (χ4n) is 4.05. The van der Waals surface area contributed by atoms with Crippen molar-refractivity contribution >= 4 is 5.78 Å². The van der Waals surface area contributed by atoms with E-state index < -0.39 is 6.10 Å². The second kappa shape index (κ2) is 15.8. The van der Waals surface area contributed by atoms with Crippen molar-refractivity contribution in [2.24, 2.45) is 0 Å². The standard InChI is InChI=1S/C32H40O4/c1-2-3-4-8-23-35-31-19-13-26(14-20-31)11-17-29(33)24-30(34)18-12-27-15-21-32(22-16-27)36-25-28-9-6-5-7-10-28/h5-7,9-10,13-16,19-22,30,34H,2-4,8,11-12,17-18,23-25H2,1H3. The summed E-state index contributed by atoms with van der Waals surface area (Å²) >= 11 is 0. The molecule has 3 aromatic rings. The second-order valence-electron chi connectivity index (χ2n) is 9.41. The highest BCUT2D eigenvalue weighted by Gasteiger charge is 2.11. The predicted octanol–water partition coefficient (Wildman–Crippen LogP) is 7.11. The van der Waals surface area contributed by atoms with E-state index in [0.29, 0.717) is 25.9 Å². The van der Waals surface area contributed by atoms with Crippen LogP contribution in [0.4, 0.5) is 0 Å². The molecule has 3 aromatic carbocycles. The van der Waals surface area contributed by atoms with Crippen molar-refractivity contribution in [3.8, 4) is 11.5 Å². The molecule has 0 saturated heterocycles. The quantitative estimate of drug-likeness (QED) is 0.206. The van der Waals surface area contributed by atoms with Crippen LogP contribution in [0.1, 0.15) is 68.6 Å². The summed E-state index contributed by atoms with van der Waals surface area (Å²) in [5, 5.41) is 10.4. The van der Waals surface area contributed by atoms with Gasteiger partial charge in [-0.15, -0.1) is 0 Å². The summed E-state index contributed by atoms with van der Waals surface area (Å²) in [6, 6.07) is 26.0. The highest BCUT2D eigenvalue weighted by Crippen LogP contribution is 2.18. The maximum atomic E-state index is 12.4. The number of benzene rings is 3. The van der Waals surface area contributed by atoms with Gasteiger partial charge in [0.2, 0.25) is 0 Å². The lowest BCUT2D eigenvalue weighted by Crippen LogP contribution is -2.14. The average molecular weight is 489 g/mol. The van der Waals surface area contributed by atoms with Crippen molar-refractivity contribution in [1.29, 1.82) is 0 Å². The van der Waals surface area contributed by atoms with E-state index in [1.807, 2.05) is 78.9 Å². The molecule has 0 fully saturated rings. The number of aryl methyl sites for hydroxylation is 2. The van der Waals surface area contributed by atoms with Crippen LogP contribution in [0, 0.1) is 0 Å². The van der Waals surface area contributed by atoms with Crippen LogP contribution in [0.25, 0.3) is 0 Å². The van der Waals surface area contributed by atoms with Crippen LogP contribution < -0.4 is 9.47 Å². The van der Waals surface area contributed by atoms with Gasteiger partial charge in [-0.2, -0.15) is 0 Å². The van der Waals surface area contributed by atoms with Crippen LogP contribution in [0.2, 0.25) is 0 Å². The zero-order chi connectivity index (χ0) is 25.4. The van der Waals surface area contributed by atoms with Crippen molar-refractivity contribution in [3.63, 3.8) is 0 Å². The van der Waals surface area contributed by atoms with E-state index >= 15 is 0 Å². The van der Waals surface area contributed by atoms with E-state index in [1.54, 1.807) is 0 Å². The van der Waals surface area contributed by atoms with Gasteiger partial charge in [0.1, 0.15) is 23.9 Å². The van der Waals surface area contributed by atoms with Gasteiger partial charge in [0.05, 0.1) is 12.7 Å². The highest BCUT2D eigenvalue weighted by atomic mass is 16.5. The Kier molecular flexibility index (Phi) is 12.1. The third-order valence-corrected chi connectivity index (χ3v) is 6.28. The van der Waals surface area contributed by atoms with Gasteiger partial charge < -0.3 is 14.6 Å². The molecule has 0 spiro atoms. The van der Waals surface area contributed by atoms with Crippen molar-refractivity contribution in [2.45, 2.75) is 77.4 Å². The fourth-order valence-corrected chi connectivity index (χ4v) is 4.05. The van der Waals surface area contributed by atoms with Crippen LogP contribution >= 0.6 is 0 Å². The maximum absolute atomic E-state index is 12.4. The van der Waals surface area contributed by atoms with Crippen molar-refractivity contribution in [3.05, 3.63) is 95.6 Å². The SMILES string of the molecule is CCCCCCOc1ccc(CCC(=O)CC(O)CCc2ccc(OCc3ccccc3)cc2)cc1.